The average molecular weight is 335 g/mol. The molecule has 0 fully saturated rings. The summed E-state index contributed by atoms with van der Waals surface area (Å²) in [6.45, 7) is 8.47. The van der Waals surface area contributed by atoms with Crippen LogP contribution < -0.4 is 5.32 Å². The quantitative estimate of drug-likeness (QED) is 0.877. The summed E-state index contributed by atoms with van der Waals surface area (Å²) in [5.74, 6) is 2.00. The molecular formula is C17H25N3O2S. The first-order chi connectivity index (χ1) is 10.8. The second-order valence-electron chi connectivity index (χ2n) is 6.26. The van der Waals surface area contributed by atoms with Crippen LogP contribution in [0.15, 0.2) is 16.5 Å². The minimum atomic E-state index is -0.0676. The van der Waals surface area contributed by atoms with E-state index in [2.05, 4.69) is 24.1 Å². The molecule has 1 N–H and O–H groups in total. The number of carbonyl (C=O) groups is 1. The first kappa shape index (κ1) is 17.7. The number of furan rings is 1. The molecule has 126 valence electrons. The summed E-state index contributed by atoms with van der Waals surface area (Å²) in [6.07, 6.45) is 0. The van der Waals surface area contributed by atoms with Gasteiger partial charge in [0.15, 0.2) is 0 Å². The maximum Gasteiger partial charge on any atom is 0.263 e. The smallest absolute Gasteiger partial charge is 0.263 e. The van der Waals surface area contributed by atoms with Gasteiger partial charge >= 0.3 is 0 Å². The van der Waals surface area contributed by atoms with E-state index < -0.39 is 0 Å². The lowest BCUT2D eigenvalue weighted by molar-refractivity contribution is 0.0942. The summed E-state index contributed by atoms with van der Waals surface area (Å²) in [7, 11) is 3.95. The molecule has 1 amide bonds. The standard InChI is InChI=1S/C17H25N3O2S/c1-10(2)17-19-12(4)15(23-17)16(21)18-9-13(20(5)6)14-8-7-11(3)22-14/h7-8,10,13H,9H2,1-6H3,(H,18,21)/t13-/m1/s1. The molecule has 0 saturated heterocycles. The Hall–Kier alpha value is -1.66. The van der Waals surface area contributed by atoms with Crippen molar-refractivity contribution in [3.8, 4) is 0 Å². The number of aryl methyl sites for hydroxylation is 2. The molecule has 0 aliphatic rings. The van der Waals surface area contributed by atoms with Crippen molar-refractivity contribution < 1.29 is 9.21 Å². The van der Waals surface area contributed by atoms with Crippen LogP contribution in [-0.4, -0.2) is 36.4 Å². The largest absolute Gasteiger partial charge is 0.465 e. The normalized spacial score (nSPS) is 12.9. The summed E-state index contributed by atoms with van der Waals surface area (Å²) >= 11 is 1.48. The van der Waals surface area contributed by atoms with E-state index in [0.717, 1.165) is 22.2 Å². The number of rotatable bonds is 6. The highest BCUT2D eigenvalue weighted by Gasteiger charge is 2.21. The first-order valence-electron chi connectivity index (χ1n) is 7.77. The van der Waals surface area contributed by atoms with Crippen LogP contribution >= 0.6 is 11.3 Å². The third-order valence-corrected chi connectivity index (χ3v) is 5.14. The minimum Gasteiger partial charge on any atom is -0.465 e. The Morgan fingerprint density at radius 3 is 2.52 bits per heavy atom. The Kier molecular flexibility index (Phi) is 5.59. The molecule has 0 aromatic carbocycles. The van der Waals surface area contributed by atoms with E-state index in [1.54, 1.807) is 0 Å². The SMILES string of the molecule is Cc1ccc([C@@H](CNC(=O)c2sc(C(C)C)nc2C)N(C)C)o1. The molecular weight excluding hydrogens is 310 g/mol. The van der Waals surface area contributed by atoms with Crippen molar-refractivity contribution in [3.05, 3.63) is 39.2 Å². The fraction of sp³-hybridized carbons (Fsp3) is 0.529. The highest BCUT2D eigenvalue weighted by atomic mass is 32.1. The molecule has 2 aromatic rings. The van der Waals surface area contributed by atoms with Gasteiger partial charge < -0.3 is 9.73 Å². The van der Waals surface area contributed by atoms with E-state index in [-0.39, 0.29) is 11.9 Å². The van der Waals surface area contributed by atoms with Crippen LogP contribution in [0.3, 0.4) is 0 Å². The number of carbonyl (C=O) groups excluding carboxylic acids is 1. The molecule has 5 nitrogen and oxygen atoms in total. The van der Waals surface area contributed by atoms with E-state index in [1.165, 1.54) is 11.3 Å². The molecule has 1 atom stereocenters. The van der Waals surface area contributed by atoms with Crippen LogP contribution in [0.25, 0.3) is 0 Å². The number of amides is 1. The highest BCUT2D eigenvalue weighted by molar-refractivity contribution is 7.13. The van der Waals surface area contributed by atoms with Crippen LogP contribution in [0.4, 0.5) is 0 Å². The van der Waals surface area contributed by atoms with Gasteiger partial charge in [-0.3, -0.25) is 9.69 Å². The van der Waals surface area contributed by atoms with Crippen molar-refractivity contribution in [2.45, 2.75) is 39.7 Å². The predicted molar refractivity (Wildman–Crippen MR) is 93.1 cm³/mol. The van der Waals surface area contributed by atoms with Gasteiger partial charge in [-0.2, -0.15) is 0 Å². The van der Waals surface area contributed by atoms with Gasteiger partial charge in [-0.25, -0.2) is 4.98 Å². The Morgan fingerprint density at radius 1 is 1.35 bits per heavy atom. The van der Waals surface area contributed by atoms with E-state index in [0.29, 0.717) is 17.3 Å². The minimum absolute atomic E-state index is 0.00504. The molecule has 0 aliphatic carbocycles. The molecule has 0 bridgehead atoms. The number of hydrogen-bond donors (Lipinski definition) is 1. The monoisotopic (exact) mass is 335 g/mol. The maximum absolute atomic E-state index is 12.5. The lowest BCUT2D eigenvalue weighted by Gasteiger charge is -2.22. The second kappa shape index (κ2) is 7.27. The van der Waals surface area contributed by atoms with Gasteiger partial charge in [0, 0.05) is 12.5 Å². The van der Waals surface area contributed by atoms with Gasteiger partial charge in [-0.05, 0) is 40.1 Å². The summed E-state index contributed by atoms with van der Waals surface area (Å²) < 4.78 is 5.70. The molecule has 6 heteroatoms. The fourth-order valence-electron chi connectivity index (χ4n) is 2.31. The topological polar surface area (TPSA) is 58.4 Å². The number of likely N-dealkylation sites (N-methyl/N-ethyl adjacent to an activating group) is 1. The van der Waals surface area contributed by atoms with Crippen LogP contribution in [0.2, 0.25) is 0 Å². The zero-order chi connectivity index (χ0) is 17.1. The number of hydrogen-bond acceptors (Lipinski definition) is 5. The predicted octanol–water partition coefficient (Wildman–Crippen LogP) is 3.51. The third kappa shape index (κ3) is 4.20. The molecule has 0 spiro atoms. The Morgan fingerprint density at radius 2 is 2.04 bits per heavy atom. The van der Waals surface area contributed by atoms with Crippen LogP contribution in [0.5, 0.6) is 0 Å². The van der Waals surface area contributed by atoms with E-state index in [4.69, 9.17) is 4.42 Å². The number of nitrogens with one attached hydrogen (secondary N) is 1. The first-order valence-corrected chi connectivity index (χ1v) is 8.59. The van der Waals surface area contributed by atoms with Gasteiger partial charge in [0.1, 0.15) is 16.4 Å². The molecule has 2 rings (SSSR count). The molecule has 2 heterocycles. The molecule has 23 heavy (non-hydrogen) atoms. The maximum atomic E-state index is 12.5. The summed E-state index contributed by atoms with van der Waals surface area (Å²) in [5.41, 5.74) is 0.798. The van der Waals surface area contributed by atoms with Crippen molar-refractivity contribution in [3.63, 3.8) is 0 Å². The lowest BCUT2D eigenvalue weighted by atomic mass is 10.2. The number of thiazole rings is 1. The van der Waals surface area contributed by atoms with E-state index in [9.17, 15) is 4.79 Å². The van der Waals surface area contributed by atoms with Crippen LogP contribution in [0, 0.1) is 13.8 Å². The van der Waals surface area contributed by atoms with Gasteiger partial charge in [-0.15, -0.1) is 11.3 Å². The van der Waals surface area contributed by atoms with Gasteiger partial charge in [0.2, 0.25) is 0 Å². The van der Waals surface area contributed by atoms with Crippen LogP contribution in [0.1, 0.15) is 57.7 Å². The van der Waals surface area contributed by atoms with Gasteiger partial charge in [0.05, 0.1) is 16.7 Å². The van der Waals surface area contributed by atoms with Gasteiger partial charge in [-0.1, -0.05) is 13.8 Å². The van der Waals surface area contributed by atoms with Crippen molar-refractivity contribution >= 4 is 17.2 Å². The van der Waals surface area contributed by atoms with E-state index >= 15 is 0 Å². The van der Waals surface area contributed by atoms with Crippen molar-refractivity contribution in [2.75, 3.05) is 20.6 Å². The molecule has 0 unspecified atom stereocenters. The van der Waals surface area contributed by atoms with Crippen LogP contribution in [-0.2, 0) is 0 Å². The zero-order valence-electron chi connectivity index (χ0n) is 14.6. The number of aromatic nitrogens is 1. The molecule has 0 aliphatic heterocycles. The fourth-order valence-corrected chi connectivity index (χ4v) is 3.30. The van der Waals surface area contributed by atoms with Crippen molar-refractivity contribution in [1.82, 2.24) is 15.2 Å². The Balaban J connectivity index is 2.07. The van der Waals surface area contributed by atoms with Gasteiger partial charge in [0.25, 0.3) is 5.91 Å². The lowest BCUT2D eigenvalue weighted by Crippen LogP contribution is -2.34. The molecule has 0 saturated carbocycles. The Bertz CT molecular complexity index is 673. The Labute approximate surface area is 141 Å². The molecule has 0 radical (unpaired) electrons. The molecule has 2 aromatic heterocycles. The summed E-state index contributed by atoms with van der Waals surface area (Å²) in [6, 6.07) is 3.90. The van der Waals surface area contributed by atoms with Crippen molar-refractivity contribution in [2.24, 2.45) is 0 Å². The third-order valence-electron chi connectivity index (χ3n) is 3.68. The number of nitrogens with zero attached hydrogens (tertiary/aromatic N) is 2. The van der Waals surface area contributed by atoms with Crippen molar-refractivity contribution in [1.29, 1.82) is 0 Å². The average Bonchev–Trinajstić information content (AvgIpc) is 3.05. The zero-order valence-corrected chi connectivity index (χ0v) is 15.5. The second-order valence-corrected chi connectivity index (χ2v) is 7.29. The summed E-state index contributed by atoms with van der Waals surface area (Å²) in [4.78, 5) is 19.7. The van der Waals surface area contributed by atoms with E-state index in [1.807, 2.05) is 45.0 Å². The highest BCUT2D eigenvalue weighted by Crippen LogP contribution is 2.25. The summed E-state index contributed by atoms with van der Waals surface area (Å²) in [5, 5.41) is 4.01.